The fourth-order valence-electron chi connectivity index (χ4n) is 3.03. The van der Waals surface area contributed by atoms with E-state index in [-0.39, 0.29) is 6.04 Å². The normalized spacial score (nSPS) is 21.1. The van der Waals surface area contributed by atoms with Crippen LogP contribution in [-0.2, 0) is 11.2 Å². The summed E-state index contributed by atoms with van der Waals surface area (Å²) in [6.07, 6.45) is 1.97. The number of alkyl carbamates (subject to hydrolysis) is 1. The van der Waals surface area contributed by atoms with Gasteiger partial charge in [0, 0.05) is 32.0 Å². The molecule has 9 heteroatoms. The minimum Gasteiger partial charge on any atom is -0.497 e. The molecule has 0 spiro atoms. The Morgan fingerprint density at radius 2 is 2.00 bits per heavy atom. The molecule has 0 bridgehead atoms. The summed E-state index contributed by atoms with van der Waals surface area (Å²) in [4.78, 5) is 20.2. The van der Waals surface area contributed by atoms with Crippen molar-refractivity contribution in [3.8, 4) is 5.75 Å². The highest BCUT2D eigenvalue weighted by Gasteiger charge is 2.37. The third-order valence-electron chi connectivity index (χ3n) is 4.47. The number of aliphatic hydroxyl groups is 1. The van der Waals surface area contributed by atoms with Gasteiger partial charge in [-0.3, -0.25) is 0 Å². The number of benzene rings is 1. The van der Waals surface area contributed by atoms with Crippen LogP contribution >= 0.6 is 0 Å². The van der Waals surface area contributed by atoms with Crippen LogP contribution < -0.4 is 20.7 Å². The average molecular weight is 387 g/mol. The van der Waals surface area contributed by atoms with Crippen molar-refractivity contribution >= 4 is 12.0 Å². The van der Waals surface area contributed by atoms with Gasteiger partial charge in [-0.15, -0.1) is 0 Å². The van der Waals surface area contributed by atoms with E-state index in [0.717, 1.165) is 11.3 Å². The second-order valence-electron chi connectivity index (χ2n) is 6.43. The molecule has 1 aromatic heterocycles. The Morgan fingerprint density at radius 1 is 1.25 bits per heavy atom. The molecular formula is C19H25N5O4. The molecule has 28 heavy (non-hydrogen) atoms. The molecule has 1 amide bonds. The average Bonchev–Trinajstić information content (AvgIpc) is 3.06. The Hall–Kier alpha value is -2.91. The molecule has 1 aliphatic rings. The van der Waals surface area contributed by atoms with Gasteiger partial charge in [-0.25, -0.2) is 14.8 Å². The number of carbonyl (C=O) groups excluding carboxylic acids is 1. The van der Waals surface area contributed by atoms with Crippen molar-refractivity contribution in [2.75, 3.05) is 32.1 Å². The zero-order valence-electron chi connectivity index (χ0n) is 15.7. The molecule has 0 aliphatic carbocycles. The van der Waals surface area contributed by atoms with Crippen LogP contribution in [0.4, 0.5) is 10.7 Å². The second-order valence-corrected chi connectivity index (χ2v) is 6.43. The topological polar surface area (TPSA) is 118 Å². The quantitative estimate of drug-likeness (QED) is 0.486. The van der Waals surface area contributed by atoms with E-state index in [1.807, 2.05) is 24.3 Å². The minimum absolute atomic E-state index is 0.162. The van der Waals surface area contributed by atoms with Crippen LogP contribution in [0.3, 0.4) is 0 Å². The first kappa shape index (κ1) is 19.8. The van der Waals surface area contributed by atoms with E-state index in [9.17, 15) is 9.90 Å². The maximum Gasteiger partial charge on any atom is 0.407 e. The largest absolute Gasteiger partial charge is 0.497 e. The number of nitrogens with one attached hydrogen (secondary N) is 3. The molecule has 3 atom stereocenters. The van der Waals surface area contributed by atoms with Crippen LogP contribution in [-0.4, -0.2) is 66.2 Å². The third kappa shape index (κ3) is 5.54. The van der Waals surface area contributed by atoms with Crippen molar-refractivity contribution in [2.24, 2.45) is 0 Å². The third-order valence-corrected chi connectivity index (χ3v) is 4.47. The number of aliphatic hydroxyl groups excluding tert-OH is 1. The number of aromatic nitrogens is 2. The van der Waals surface area contributed by atoms with E-state index in [1.54, 1.807) is 25.6 Å². The van der Waals surface area contributed by atoms with Crippen molar-refractivity contribution in [1.82, 2.24) is 20.6 Å². The van der Waals surface area contributed by atoms with Crippen LogP contribution in [0.1, 0.15) is 5.56 Å². The maximum absolute atomic E-state index is 12.1. The number of hydrogen-bond acceptors (Lipinski definition) is 8. The van der Waals surface area contributed by atoms with E-state index in [0.29, 0.717) is 32.0 Å². The standard InChI is InChI=1S/C19H25N5O4/c1-27-14-5-3-13(4-6-14)11-15-17(16(25)12-24-15)28-19(26)23-10-9-22-18-20-7-2-8-21-18/h2-8,15-17,24-25H,9-12H2,1H3,(H,23,26)(H,20,21,22)/t15-,16+,17+/m1/s1. The molecule has 1 aromatic carbocycles. The Morgan fingerprint density at radius 3 is 2.71 bits per heavy atom. The first-order chi connectivity index (χ1) is 13.7. The smallest absolute Gasteiger partial charge is 0.407 e. The van der Waals surface area contributed by atoms with Crippen LogP contribution in [0, 0.1) is 0 Å². The van der Waals surface area contributed by atoms with Gasteiger partial charge in [0.15, 0.2) is 0 Å². The van der Waals surface area contributed by atoms with Gasteiger partial charge in [0.1, 0.15) is 18.0 Å². The van der Waals surface area contributed by atoms with Crippen LogP contribution in [0.25, 0.3) is 0 Å². The fourth-order valence-corrected chi connectivity index (χ4v) is 3.03. The summed E-state index contributed by atoms with van der Waals surface area (Å²) < 4.78 is 10.6. The summed E-state index contributed by atoms with van der Waals surface area (Å²) in [5, 5.41) is 19.0. The lowest BCUT2D eigenvalue weighted by atomic mass is 10.0. The van der Waals surface area contributed by atoms with E-state index in [4.69, 9.17) is 9.47 Å². The Labute approximate surface area is 163 Å². The molecular weight excluding hydrogens is 362 g/mol. The second kappa shape index (κ2) is 9.86. The van der Waals surface area contributed by atoms with Gasteiger partial charge in [-0.05, 0) is 30.2 Å². The molecule has 2 aromatic rings. The van der Waals surface area contributed by atoms with Crippen molar-refractivity contribution in [2.45, 2.75) is 24.7 Å². The van der Waals surface area contributed by atoms with Gasteiger partial charge in [0.2, 0.25) is 5.95 Å². The summed E-state index contributed by atoms with van der Waals surface area (Å²) in [5.74, 6) is 1.28. The molecule has 9 nitrogen and oxygen atoms in total. The lowest BCUT2D eigenvalue weighted by Crippen LogP contribution is -2.42. The highest BCUT2D eigenvalue weighted by atomic mass is 16.6. The number of ether oxygens (including phenoxy) is 2. The van der Waals surface area contributed by atoms with Gasteiger partial charge >= 0.3 is 6.09 Å². The number of amides is 1. The molecule has 150 valence electrons. The zero-order valence-corrected chi connectivity index (χ0v) is 15.7. The van der Waals surface area contributed by atoms with Gasteiger partial charge in [-0.2, -0.15) is 0 Å². The summed E-state index contributed by atoms with van der Waals surface area (Å²) in [7, 11) is 1.62. The summed E-state index contributed by atoms with van der Waals surface area (Å²) >= 11 is 0. The van der Waals surface area contributed by atoms with Crippen LogP contribution in [0.15, 0.2) is 42.7 Å². The highest BCUT2D eigenvalue weighted by Crippen LogP contribution is 2.19. The molecule has 1 fully saturated rings. The molecule has 1 saturated heterocycles. The van der Waals surface area contributed by atoms with Gasteiger partial charge in [0.25, 0.3) is 0 Å². The summed E-state index contributed by atoms with van der Waals surface area (Å²) in [6, 6.07) is 9.24. The molecule has 0 saturated carbocycles. The number of β-amino-alcohol motifs (C(OH)–C–C–N with tert-alkyl or cyclic N) is 1. The molecule has 0 radical (unpaired) electrons. The Kier molecular flexibility index (Phi) is 6.99. The number of rotatable bonds is 8. The van der Waals surface area contributed by atoms with E-state index >= 15 is 0 Å². The first-order valence-electron chi connectivity index (χ1n) is 9.15. The molecule has 4 N–H and O–H groups in total. The van der Waals surface area contributed by atoms with Gasteiger partial charge in [-0.1, -0.05) is 12.1 Å². The predicted octanol–water partition coefficient (Wildman–Crippen LogP) is 0.567. The molecule has 2 heterocycles. The van der Waals surface area contributed by atoms with E-state index in [1.165, 1.54) is 0 Å². The highest BCUT2D eigenvalue weighted by molar-refractivity contribution is 5.67. The first-order valence-corrected chi connectivity index (χ1v) is 9.15. The number of nitrogens with zero attached hydrogens (tertiary/aromatic N) is 2. The Bertz CT molecular complexity index is 744. The maximum atomic E-state index is 12.1. The summed E-state index contributed by atoms with van der Waals surface area (Å²) in [5.41, 5.74) is 1.06. The summed E-state index contributed by atoms with van der Waals surface area (Å²) in [6.45, 7) is 1.18. The number of anilines is 1. The number of methoxy groups -OCH3 is 1. The van der Waals surface area contributed by atoms with Crippen LogP contribution in [0.2, 0.25) is 0 Å². The van der Waals surface area contributed by atoms with Gasteiger partial charge < -0.3 is 30.5 Å². The number of hydrogen-bond donors (Lipinski definition) is 4. The lowest BCUT2D eigenvalue weighted by Gasteiger charge is -2.22. The van der Waals surface area contributed by atoms with Crippen molar-refractivity contribution < 1.29 is 19.4 Å². The van der Waals surface area contributed by atoms with Crippen molar-refractivity contribution in [3.63, 3.8) is 0 Å². The molecule has 1 aliphatic heterocycles. The number of carbonyl (C=O) groups is 1. The zero-order chi connectivity index (χ0) is 19.8. The van der Waals surface area contributed by atoms with Crippen LogP contribution in [0.5, 0.6) is 5.75 Å². The minimum atomic E-state index is -0.746. The van der Waals surface area contributed by atoms with Crippen molar-refractivity contribution in [3.05, 3.63) is 48.3 Å². The van der Waals surface area contributed by atoms with E-state index in [2.05, 4.69) is 25.9 Å². The fraction of sp³-hybridized carbons (Fsp3) is 0.421. The van der Waals surface area contributed by atoms with Crippen molar-refractivity contribution in [1.29, 1.82) is 0 Å². The SMILES string of the molecule is COc1ccc(C[C@H]2NC[C@H](O)[C@H]2OC(=O)NCCNc2ncccn2)cc1. The monoisotopic (exact) mass is 387 g/mol. The predicted molar refractivity (Wildman–Crippen MR) is 103 cm³/mol. The molecule has 0 unspecified atom stereocenters. The van der Waals surface area contributed by atoms with E-state index < -0.39 is 18.3 Å². The lowest BCUT2D eigenvalue weighted by molar-refractivity contribution is 0.0191. The van der Waals surface area contributed by atoms with Gasteiger partial charge in [0.05, 0.1) is 13.2 Å². The Balaban J connectivity index is 1.44. The molecule has 3 rings (SSSR count).